The summed E-state index contributed by atoms with van der Waals surface area (Å²) in [6, 6.07) is -0.323. The van der Waals surface area contributed by atoms with Gasteiger partial charge >= 0.3 is 6.03 Å². The van der Waals surface area contributed by atoms with E-state index in [-0.39, 0.29) is 11.1 Å². The van der Waals surface area contributed by atoms with Crippen LogP contribution in [-0.4, -0.2) is 37.6 Å². The number of hydrazine groups is 1. The number of rotatable bonds is 1. The van der Waals surface area contributed by atoms with Crippen LogP contribution in [0.4, 0.5) is 4.79 Å². The number of nitrogens with one attached hydrogen (secondary N) is 1. The number of alkyl halides is 2. The number of hydrogen-bond donors (Lipinski definition) is 2. The van der Waals surface area contributed by atoms with Gasteiger partial charge < -0.3 is 5.73 Å². The zero-order chi connectivity index (χ0) is 12.7. The van der Waals surface area contributed by atoms with Crippen molar-refractivity contribution in [2.75, 3.05) is 0 Å². The highest BCUT2D eigenvalue weighted by atomic mass is 35.5. The SMILES string of the molecule is CC(C)(C)N1C(=O)NN(C(N)=S)C1C(Cl)Cl. The molecule has 1 aliphatic rings. The number of halogens is 2. The molecule has 0 bridgehead atoms. The molecular formula is C8H14Cl2N4OS. The second-order valence-electron chi connectivity index (χ2n) is 4.41. The molecule has 0 aromatic rings. The molecule has 1 rings (SSSR count). The van der Waals surface area contributed by atoms with Crippen molar-refractivity contribution in [1.29, 1.82) is 0 Å². The summed E-state index contributed by atoms with van der Waals surface area (Å²) in [5.41, 5.74) is 7.58. The van der Waals surface area contributed by atoms with E-state index in [9.17, 15) is 4.79 Å². The van der Waals surface area contributed by atoms with Crippen LogP contribution in [0.2, 0.25) is 0 Å². The summed E-state index contributed by atoms with van der Waals surface area (Å²) in [7, 11) is 0. The Labute approximate surface area is 110 Å². The van der Waals surface area contributed by atoms with E-state index in [2.05, 4.69) is 5.43 Å². The number of thiocarbonyl (C=S) groups is 1. The van der Waals surface area contributed by atoms with Crippen LogP contribution in [0.1, 0.15) is 20.8 Å². The lowest BCUT2D eigenvalue weighted by Crippen LogP contribution is -2.54. The number of hydrogen-bond acceptors (Lipinski definition) is 2. The van der Waals surface area contributed by atoms with E-state index in [0.29, 0.717) is 0 Å². The molecule has 1 heterocycles. The van der Waals surface area contributed by atoms with E-state index in [1.165, 1.54) is 9.91 Å². The normalized spacial score (nSPS) is 21.6. The Balaban J connectivity index is 3.08. The summed E-state index contributed by atoms with van der Waals surface area (Å²) >= 11 is 16.6. The van der Waals surface area contributed by atoms with Gasteiger partial charge in [0, 0.05) is 5.54 Å². The number of amides is 2. The highest BCUT2D eigenvalue weighted by Gasteiger charge is 2.47. The van der Waals surface area contributed by atoms with Crippen LogP contribution in [0.3, 0.4) is 0 Å². The molecule has 0 aromatic carbocycles. The van der Waals surface area contributed by atoms with E-state index in [4.69, 9.17) is 41.2 Å². The second-order valence-corrected chi connectivity index (χ2v) is 6.00. The molecule has 0 radical (unpaired) electrons. The number of carbonyl (C=O) groups excluding carboxylic acids is 1. The van der Waals surface area contributed by atoms with E-state index >= 15 is 0 Å². The van der Waals surface area contributed by atoms with Gasteiger partial charge in [0.15, 0.2) is 11.3 Å². The van der Waals surface area contributed by atoms with Gasteiger partial charge in [-0.1, -0.05) is 0 Å². The van der Waals surface area contributed by atoms with Crippen LogP contribution in [-0.2, 0) is 0 Å². The molecule has 92 valence electrons. The van der Waals surface area contributed by atoms with E-state index in [1.54, 1.807) is 0 Å². The molecule has 1 aliphatic heterocycles. The smallest absolute Gasteiger partial charge is 0.338 e. The van der Waals surface area contributed by atoms with Crippen LogP contribution < -0.4 is 11.2 Å². The highest BCUT2D eigenvalue weighted by molar-refractivity contribution is 7.80. The lowest BCUT2D eigenvalue weighted by molar-refractivity contribution is 0.111. The lowest BCUT2D eigenvalue weighted by atomic mass is 10.1. The summed E-state index contributed by atoms with van der Waals surface area (Å²) in [5.74, 6) is 0. The predicted octanol–water partition coefficient (Wildman–Crippen LogP) is 1.40. The molecule has 1 unspecified atom stereocenters. The van der Waals surface area contributed by atoms with Gasteiger partial charge in [-0.05, 0) is 33.0 Å². The van der Waals surface area contributed by atoms with Gasteiger partial charge in [-0.2, -0.15) is 0 Å². The molecule has 0 aromatic heterocycles. The minimum Gasteiger partial charge on any atom is -0.375 e. The van der Waals surface area contributed by atoms with Crippen LogP contribution in [0.15, 0.2) is 0 Å². The molecular weight excluding hydrogens is 271 g/mol. The molecule has 16 heavy (non-hydrogen) atoms. The van der Waals surface area contributed by atoms with Crippen molar-refractivity contribution < 1.29 is 4.79 Å². The van der Waals surface area contributed by atoms with Crippen LogP contribution in [0.5, 0.6) is 0 Å². The highest BCUT2D eigenvalue weighted by Crippen LogP contribution is 2.29. The van der Waals surface area contributed by atoms with E-state index in [1.807, 2.05) is 20.8 Å². The fraction of sp³-hybridized carbons (Fsp3) is 0.750. The van der Waals surface area contributed by atoms with Crippen molar-refractivity contribution in [2.24, 2.45) is 5.73 Å². The Morgan fingerprint density at radius 1 is 1.56 bits per heavy atom. The van der Waals surface area contributed by atoms with Gasteiger partial charge in [0.2, 0.25) is 0 Å². The average Bonchev–Trinajstić information content (AvgIpc) is 2.41. The van der Waals surface area contributed by atoms with Crippen LogP contribution in [0, 0.1) is 0 Å². The Morgan fingerprint density at radius 3 is 2.38 bits per heavy atom. The zero-order valence-corrected chi connectivity index (χ0v) is 11.5. The first-order chi connectivity index (χ1) is 7.16. The third-order valence-electron chi connectivity index (χ3n) is 2.15. The van der Waals surface area contributed by atoms with Crippen molar-refractivity contribution >= 4 is 46.6 Å². The molecule has 5 nitrogen and oxygen atoms in total. The molecule has 1 atom stereocenters. The third-order valence-corrected chi connectivity index (χ3v) is 2.80. The molecule has 0 spiro atoms. The third kappa shape index (κ3) is 2.44. The summed E-state index contributed by atoms with van der Waals surface area (Å²) in [6.07, 6.45) is -0.603. The van der Waals surface area contributed by atoms with Gasteiger partial charge in [-0.15, -0.1) is 23.2 Å². The predicted molar refractivity (Wildman–Crippen MR) is 68.0 cm³/mol. The number of carbonyl (C=O) groups is 1. The molecule has 0 saturated carbocycles. The Morgan fingerprint density at radius 2 is 2.06 bits per heavy atom. The Bertz CT molecular complexity index is 318. The van der Waals surface area contributed by atoms with E-state index in [0.717, 1.165) is 0 Å². The van der Waals surface area contributed by atoms with Gasteiger partial charge in [-0.3, -0.25) is 4.90 Å². The summed E-state index contributed by atoms with van der Waals surface area (Å²) in [6.45, 7) is 5.62. The molecule has 0 aliphatic carbocycles. The van der Waals surface area contributed by atoms with Gasteiger partial charge in [-0.25, -0.2) is 15.2 Å². The van der Waals surface area contributed by atoms with Crippen molar-refractivity contribution in [3.05, 3.63) is 0 Å². The topological polar surface area (TPSA) is 61.6 Å². The quantitative estimate of drug-likeness (QED) is 0.565. The van der Waals surface area contributed by atoms with Crippen LogP contribution >= 0.6 is 35.4 Å². The molecule has 2 amide bonds. The maximum absolute atomic E-state index is 11.8. The van der Waals surface area contributed by atoms with Crippen LogP contribution in [0.25, 0.3) is 0 Å². The minimum absolute atomic E-state index is 0.0244. The summed E-state index contributed by atoms with van der Waals surface area (Å²) < 4.78 is 0. The first kappa shape index (κ1) is 13.6. The molecule has 1 fully saturated rings. The lowest BCUT2D eigenvalue weighted by Gasteiger charge is -2.37. The molecule has 3 N–H and O–H groups in total. The van der Waals surface area contributed by atoms with Gasteiger partial charge in [0.1, 0.15) is 4.84 Å². The van der Waals surface area contributed by atoms with Gasteiger partial charge in [0.05, 0.1) is 0 Å². The summed E-state index contributed by atoms with van der Waals surface area (Å²) in [4.78, 5) is 12.5. The number of nitrogens with two attached hydrogens (primary N) is 1. The van der Waals surface area contributed by atoms with Crippen molar-refractivity contribution in [2.45, 2.75) is 37.3 Å². The largest absolute Gasteiger partial charge is 0.375 e. The van der Waals surface area contributed by atoms with Crippen molar-refractivity contribution in [3.63, 3.8) is 0 Å². The first-order valence-corrected chi connectivity index (χ1v) is 5.91. The monoisotopic (exact) mass is 284 g/mol. The Hall–Kier alpha value is -0.460. The van der Waals surface area contributed by atoms with E-state index < -0.39 is 16.5 Å². The average molecular weight is 285 g/mol. The Kier molecular flexibility index (Phi) is 3.76. The summed E-state index contributed by atoms with van der Waals surface area (Å²) in [5, 5.41) is 1.32. The van der Waals surface area contributed by atoms with Crippen molar-refractivity contribution in [1.82, 2.24) is 15.3 Å². The standard InChI is InChI=1S/C8H14Cl2N4OS/c1-8(2,3)13-5(4(9)10)14(6(11)16)12-7(13)15/h4-5H,1-3H3,(H2,11,16)(H,12,15). The number of urea groups is 1. The first-order valence-electron chi connectivity index (χ1n) is 4.63. The van der Waals surface area contributed by atoms with Crippen molar-refractivity contribution in [3.8, 4) is 0 Å². The fourth-order valence-electron chi connectivity index (χ4n) is 1.57. The second kappa shape index (κ2) is 4.43. The number of nitrogens with zero attached hydrogens (tertiary/aromatic N) is 2. The fourth-order valence-corrected chi connectivity index (χ4v) is 2.18. The zero-order valence-electron chi connectivity index (χ0n) is 9.20. The van der Waals surface area contributed by atoms with Gasteiger partial charge in [0.25, 0.3) is 0 Å². The molecule has 1 saturated heterocycles. The molecule has 8 heteroatoms. The minimum atomic E-state index is -0.820. The maximum atomic E-state index is 11.8. The maximum Gasteiger partial charge on any atom is 0.338 e.